The van der Waals surface area contributed by atoms with Crippen molar-refractivity contribution in [3.63, 3.8) is 0 Å². The Morgan fingerprint density at radius 1 is 1.21 bits per heavy atom. The maximum Gasteiger partial charge on any atom is 0.235 e. The second kappa shape index (κ2) is 6.04. The van der Waals surface area contributed by atoms with Crippen LogP contribution in [0.3, 0.4) is 0 Å². The van der Waals surface area contributed by atoms with Crippen molar-refractivity contribution in [2.75, 3.05) is 12.3 Å². The minimum atomic E-state index is 0.251. The van der Waals surface area contributed by atoms with Crippen LogP contribution in [0.15, 0.2) is 0 Å². The predicted molar refractivity (Wildman–Crippen MR) is 80.5 cm³/mol. The van der Waals surface area contributed by atoms with Crippen LogP contribution in [0.1, 0.15) is 51.9 Å². The number of fused-ring (bicyclic) bond motifs is 2. The number of carbonyl (C=O) groups is 1. The molecule has 0 spiro atoms. The topological polar surface area (TPSA) is 32.3 Å². The normalized spacial score (nSPS) is 38.2. The minimum absolute atomic E-state index is 0.251. The molecule has 4 heteroatoms. The number of rotatable bonds is 3. The number of carbonyl (C=O) groups excluding carboxylic acids is 1. The van der Waals surface area contributed by atoms with Gasteiger partial charge >= 0.3 is 0 Å². The number of nitrogens with zero attached hydrogens (tertiary/aromatic N) is 1. The Bertz CT molecular complexity index is 318. The first kappa shape index (κ1) is 13.7. The Morgan fingerprint density at radius 2 is 1.95 bits per heavy atom. The number of amides is 1. The number of hydrogen-bond donors (Lipinski definition) is 1. The minimum Gasteiger partial charge on any atom is -0.339 e. The van der Waals surface area contributed by atoms with Crippen LogP contribution in [0, 0.1) is 0 Å². The molecule has 108 valence electrons. The van der Waals surface area contributed by atoms with Crippen molar-refractivity contribution in [3.8, 4) is 0 Å². The summed E-state index contributed by atoms with van der Waals surface area (Å²) in [5.74, 6) is 1.60. The lowest BCUT2D eigenvalue weighted by molar-refractivity contribution is -0.133. The van der Waals surface area contributed by atoms with Gasteiger partial charge in [-0.2, -0.15) is 0 Å². The standard InChI is InChI=1S/C15H26N2OS/c1-2-17(15(18)14-5-3-4-8-19-14)13-9-11-6-7-12(10-13)16-11/h11-14,16H,2-10H2,1H3. The zero-order valence-electron chi connectivity index (χ0n) is 11.9. The van der Waals surface area contributed by atoms with Gasteiger partial charge < -0.3 is 10.2 Å². The summed E-state index contributed by atoms with van der Waals surface area (Å²) in [5, 5.41) is 3.93. The second-order valence-electron chi connectivity index (χ2n) is 6.24. The smallest absolute Gasteiger partial charge is 0.235 e. The predicted octanol–water partition coefficient (Wildman–Crippen LogP) is 2.40. The molecule has 0 saturated carbocycles. The number of nitrogens with one attached hydrogen (secondary N) is 1. The fourth-order valence-corrected chi connectivity index (χ4v) is 5.26. The van der Waals surface area contributed by atoms with Crippen LogP contribution in [0.4, 0.5) is 0 Å². The number of thioether (sulfide) groups is 1. The fourth-order valence-electron chi connectivity index (χ4n) is 4.00. The average molecular weight is 282 g/mol. The zero-order valence-corrected chi connectivity index (χ0v) is 12.8. The Balaban J connectivity index is 1.64. The van der Waals surface area contributed by atoms with Gasteiger partial charge in [-0.1, -0.05) is 6.42 Å². The Labute approximate surface area is 120 Å². The van der Waals surface area contributed by atoms with Crippen LogP contribution in [-0.2, 0) is 4.79 Å². The second-order valence-corrected chi connectivity index (χ2v) is 7.55. The third-order valence-electron chi connectivity index (χ3n) is 4.97. The molecule has 3 unspecified atom stereocenters. The summed E-state index contributed by atoms with van der Waals surface area (Å²) in [6.07, 6.45) is 8.59. The van der Waals surface area contributed by atoms with Crippen molar-refractivity contribution >= 4 is 17.7 Å². The van der Waals surface area contributed by atoms with E-state index in [1.807, 2.05) is 11.8 Å². The summed E-state index contributed by atoms with van der Waals surface area (Å²) in [6.45, 7) is 3.04. The largest absolute Gasteiger partial charge is 0.339 e. The third-order valence-corrected chi connectivity index (χ3v) is 6.33. The highest BCUT2D eigenvalue weighted by atomic mass is 32.2. The molecule has 19 heavy (non-hydrogen) atoms. The third kappa shape index (κ3) is 2.94. The van der Waals surface area contributed by atoms with Crippen LogP contribution in [0.2, 0.25) is 0 Å². The van der Waals surface area contributed by atoms with Crippen molar-refractivity contribution < 1.29 is 4.79 Å². The van der Waals surface area contributed by atoms with Gasteiger partial charge in [-0.25, -0.2) is 0 Å². The van der Waals surface area contributed by atoms with E-state index < -0.39 is 0 Å². The lowest BCUT2D eigenvalue weighted by atomic mass is 9.97. The van der Waals surface area contributed by atoms with Crippen molar-refractivity contribution in [2.45, 2.75) is 75.2 Å². The fraction of sp³-hybridized carbons (Fsp3) is 0.933. The summed E-state index contributed by atoms with van der Waals surface area (Å²) >= 11 is 1.89. The highest BCUT2D eigenvalue weighted by Gasteiger charge is 2.38. The molecule has 3 saturated heterocycles. The summed E-state index contributed by atoms with van der Waals surface area (Å²) in [4.78, 5) is 15.0. The molecule has 0 radical (unpaired) electrons. The van der Waals surface area contributed by atoms with E-state index in [0.717, 1.165) is 13.0 Å². The van der Waals surface area contributed by atoms with Gasteiger partial charge in [0.2, 0.25) is 5.91 Å². The molecule has 3 fully saturated rings. The van der Waals surface area contributed by atoms with E-state index in [4.69, 9.17) is 0 Å². The molecule has 3 heterocycles. The van der Waals surface area contributed by atoms with Crippen LogP contribution in [-0.4, -0.2) is 46.5 Å². The van der Waals surface area contributed by atoms with Gasteiger partial charge in [-0.3, -0.25) is 4.79 Å². The quantitative estimate of drug-likeness (QED) is 0.863. The lowest BCUT2D eigenvalue weighted by Gasteiger charge is -2.39. The molecule has 3 aliphatic heterocycles. The van der Waals surface area contributed by atoms with Gasteiger partial charge in [0, 0.05) is 24.7 Å². The maximum atomic E-state index is 12.7. The molecule has 3 nitrogen and oxygen atoms in total. The van der Waals surface area contributed by atoms with E-state index in [9.17, 15) is 4.79 Å². The molecule has 0 aromatic carbocycles. The van der Waals surface area contributed by atoms with Gasteiger partial charge in [-0.05, 0) is 51.2 Å². The van der Waals surface area contributed by atoms with E-state index in [2.05, 4.69) is 17.1 Å². The molecular formula is C15H26N2OS. The van der Waals surface area contributed by atoms with E-state index in [1.54, 1.807) is 0 Å². The zero-order chi connectivity index (χ0) is 13.2. The van der Waals surface area contributed by atoms with Crippen LogP contribution < -0.4 is 5.32 Å². The molecule has 2 bridgehead atoms. The van der Waals surface area contributed by atoms with E-state index in [0.29, 0.717) is 24.0 Å². The summed E-state index contributed by atoms with van der Waals surface area (Å²) < 4.78 is 0. The molecular weight excluding hydrogens is 256 g/mol. The highest BCUT2D eigenvalue weighted by Crippen LogP contribution is 2.32. The van der Waals surface area contributed by atoms with E-state index in [1.165, 1.54) is 44.3 Å². The Hall–Kier alpha value is -0.220. The first-order chi connectivity index (χ1) is 9.28. The molecule has 3 rings (SSSR count). The van der Waals surface area contributed by atoms with E-state index in [-0.39, 0.29) is 5.25 Å². The first-order valence-electron chi connectivity index (χ1n) is 7.96. The number of piperidine rings is 1. The van der Waals surface area contributed by atoms with Crippen LogP contribution in [0.25, 0.3) is 0 Å². The van der Waals surface area contributed by atoms with Gasteiger partial charge in [-0.15, -0.1) is 11.8 Å². The van der Waals surface area contributed by atoms with Gasteiger partial charge in [0.05, 0.1) is 5.25 Å². The van der Waals surface area contributed by atoms with Crippen LogP contribution >= 0.6 is 11.8 Å². The molecule has 3 aliphatic rings. The molecule has 0 aromatic rings. The maximum absolute atomic E-state index is 12.7. The highest BCUT2D eigenvalue weighted by molar-refractivity contribution is 8.00. The van der Waals surface area contributed by atoms with Crippen molar-refractivity contribution in [1.82, 2.24) is 10.2 Å². The molecule has 1 N–H and O–H groups in total. The van der Waals surface area contributed by atoms with Crippen molar-refractivity contribution in [3.05, 3.63) is 0 Å². The SMILES string of the molecule is CCN(C(=O)C1CCCCS1)C1CC2CCC(C1)N2. The Kier molecular flexibility index (Phi) is 4.37. The number of hydrogen-bond acceptors (Lipinski definition) is 3. The molecule has 3 atom stereocenters. The Morgan fingerprint density at radius 3 is 2.53 bits per heavy atom. The van der Waals surface area contributed by atoms with Crippen molar-refractivity contribution in [1.29, 1.82) is 0 Å². The molecule has 0 aromatic heterocycles. The summed E-state index contributed by atoms with van der Waals surface area (Å²) in [5.41, 5.74) is 0. The monoisotopic (exact) mass is 282 g/mol. The van der Waals surface area contributed by atoms with Gasteiger partial charge in [0.1, 0.15) is 0 Å². The first-order valence-corrected chi connectivity index (χ1v) is 9.01. The summed E-state index contributed by atoms with van der Waals surface area (Å²) in [7, 11) is 0. The van der Waals surface area contributed by atoms with Gasteiger partial charge in [0.15, 0.2) is 0 Å². The van der Waals surface area contributed by atoms with Crippen LogP contribution in [0.5, 0.6) is 0 Å². The van der Waals surface area contributed by atoms with Crippen molar-refractivity contribution in [2.24, 2.45) is 0 Å². The summed E-state index contributed by atoms with van der Waals surface area (Å²) in [6, 6.07) is 1.84. The lowest BCUT2D eigenvalue weighted by Crippen LogP contribution is -2.52. The van der Waals surface area contributed by atoms with Gasteiger partial charge in [0.25, 0.3) is 0 Å². The average Bonchev–Trinajstić information content (AvgIpc) is 2.79. The van der Waals surface area contributed by atoms with E-state index >= 15 is 0 Å². The molecule has 0 aliphatic carbocycles. The molecule has 1 amide bonds.